The highest BCUT2D eigenvalue weighted by atomic mass is 32.2. The molecule has 0 bridgehead atoms. The van der Waals surface area contributed by atoms with Crippen molar-refractivity contribution in [2.45, 2.75) is 43.0 Å². The average Bonchev–Trinajstić information content (AvgIpc) is 2.39. The van der Waals surface area contributed by atoms with E-state index in [-0.39, 0.29) is 17.0 Å². The Labute approximate surface area is 119 Å². The minimum atomic E-state index is -3.20. The molecule has 5 nitrogen and oxygen atoms in total. The Morgan fingerprint density at radius 3 is 2.25 bits per heavy atom. The summed E-state index contributed by atoms with van der Waals surface area (Å²) in [7, 11) is -3.20. The molecule has 1 saturated carbocycles. The van der Waals surface area contributed by atoms with Gasteiger partial charge in [-0.25, -0.2) is 13.2 Å². The van der Waals surface area contributed by atoms with E-state index in [1.165, 1.54) is 18.6 Å². The number of hydrogen-bond acceptors (Lipinski definition) is 3. The van der Waals surface area contributed by atoms with E-state index >= 15 is 0 Å². The van der Waals surface area contributed by atoms with Gasteiger partial charge in [0.15, 0.2) is 9.84 Å². The van der Waals surface area contributed by atoms with Crippen molar-refractivity contribution in [1.29, 1.82) is 0 Å². The van der Waals surface area contributed by atoms with Crippen LogP contribution in [0.3, 0.4) is 0 Å². The molecule has 1 aliphatic rings. The maximum atomic E-state index is 11.8. The Bertz CT molecular complexity index is 561. The van der Waals surface area contributed by atoms with Crippen molar-refractivity contribution in [1.82, 2.24) is 5.32 Å². The average molecular weight is 296 g/mol. The van der Waals surface area contributed by atoms with Crippen LogP contribution in [0.25, 0.3) is 0 Å². The Kier molecular flexibility index (Phi) is 4.65. The zero-order valence-corrected chi connectivity index (χ0v) is 12.4. The predicted molar refractivity (Wildman–Crippen MR) is 78.6 cm³/mol. The number of carbonyl (C=O) groups excluding carboxylic acids is 1. The van der Waals surface area contributed by atoms with Crippen LogP contribution in [0.15, 0.2) is 29.2 Å². The number of urea groups is 1. The molecule has 0 heterocycles. The molecule has 0 atom stereocenters. The molecule has 0 aromatic heterocycles. The van der Waals surface area contributed by atoms with Gasteiger partial charge in [0.05, 0.1) is 4.90 Å². The number of anilines is 1. The van der Waals surface area contributed by atoms with Gasteiger partial charge in [-0.05, 0) is 37.1 Å². The smallest absolute Gasteiger partial charge is 0.319 e. The quantitative estimate of drug-likeness (QED) is 0.900. The highest BCUT2D eigenvalue weighted by Gasteiger charge is 2.15. The molecule has 2 rings (SSSR count). The first-order valence-electron chi connectivity index (χ1n) is 6.83. The lowest BCUT2D eigenvalue weighted by Crippen LogP contribution is -2.38. The summed E-state index contributed by atoms with van der Waals surface area (Å²) < 4.78 is 22.7. The van der Waals surface area contributed by atoms with Crippen LogP contribution in [0.5, 0.6) is 0 Å². The number of carbonyl (C=O) groups is 1. The van der Waals surface area contributed by atoms with Crippen LogP contribution >= 0.6 is 0 Å². The zero-order valence-electron chi connectivity index (χ0n) is 11.6. The summed E-state index contributed by atoms with van der Waals surface area (Å²) in [6.45, 7) is 0. The summed E-state index contributed by atoms with van der Waals surface area (Å²) in [6, 6.07) is 6.19. The summed E-state index contributed by atoms with van der Waals surface area (Å²) in [4.78, 5) is 12.1. The highest BCUT2D eigenvalue weighted by molar-refractivity contribution is 7.90. The highest BCUT2D eigenvalue weighted by Crippen LogP contribution is 2.18. The zero-order chi connectivity index (χ0) is 14.6. The Morgan fingerprint density at radius 1 is 1.10 bits per heavy atom. The molecule has 0 radical (unpaired) electrons. The van der Waals surface area contributed by atoms with Crippen LogP contribution in [0.2, 0.25) is 0 Å². The molecule has 0 spiro atoms. The molecule has 0 aliphatic heterocycles. The molecule has 0 saturated heterocycles. The topological polar surface area (TPSA) is 75.3 Å². The monoisotopic (exact) mass is 296 g/mol. The van der Waals surface area contributed by atoms with Gasteiger partial charge in [-0.15, -0.1) is 0 Å². The second-order valence-corrected chi connectivity index (χ2v) is 7.25. The largest absolute Gasteiger partial charge is 0.335 e. The molecule has 1 aromatic rings. The van der Waals surface area contributed by atoms with Gasteiger partial charge in [-0.2, -0.15) is 0 Å². The van der Waals surface area contributed by atoms with Crippen LogP contribution in [-0.2, 0) is 9.84 Å². The fraction of sp³-hybridized carbons (Fsp3) is 0.500. The van der Waals surface area contributed by atoms with E-state index in [0.717, 1.165) is 31.9 Å². The van der Waals surface area contributed by atoms with Crippen LogP contribution in [0.1, 0.15) is 32.1 Å². The molecule has 6 heteroatoms. The molecular weight excluding hydrogens is 276 g/mol. The van der Waals surface area contributed by atoms with Gasteiger partial charge >= 0.3 is 6.03 Å². The number of nitrogens with one attached hydrogen (secondary N) is 2. The number of hydrogen-bond donors (Lipinski definition) is 2. The van der Waals surface area contributed by atoms with E-state index < -0.39 is 9.84 Å². The van der Waals surface area contributed by atoms with E-state index in [1.54, 1.807) is 12.1 Å². The lowest BCUT2D eigenvalue weighted by atomic mass is 9.96. The second kappa shape index (κ2) is 6.26. The Hall–Kier alpha value is -1.56. The van der Waals surface area contributed by atoms with Gasteiger partial charge in [-0.1, -0.05) is 19.3 Å². The van der Waals surface area contributed by atoms with Crippen molar-refractivity contribution in [2.75, 3.05) is 11.6 Å². The van der Waals surface area contributed by atoms with Crippen LogP contribution in [-0.4, -0.2) is 26.7 Å². The fourth-order valence-electron chi connectivity index (χ4n) is 2.38. The maximum absolute atomic E-state index is 11.8. The van der Waals surface area contributed by atoms with Gasteiger partial charge in [-0.3, -0.25) is 0 Å². The molecule has 1 aliphatic carbocycles. The molecule has 1 aromatic carbocycles. The van der Waals surface area contributed by atoms with Gasteiger partial charge in [0.2, 0.25) is 0 Å². The van der Waals surface area contributed by atoms with Gasteiger partial charge in [0, 0.05) is 18.0 Å². The summed E-state index contributed by atoms with van der Waals surface area (Å²) in [6.07, 6.45) is 6.78. The number of sulfone groups is 1. The molecule has 110 valence electrons. The summed E-state index contributed by atoms with van der Waals surface area (Å²) in [5.74, 6) is 0. The van der Waals surface area contributed by atoms with Crippen LogP contribution < -0.4 is 10.6 Å². The molecule has 0 unspecified atom stereocenters. The first kappa shape index (κ1) is 14.8. The van der Waals surface area contributed by atoms with E-state index in [9.17, 15) is 13.2 Å². The third kappa shape index (κ3) is 4.23. The van der Waals surface area contributed by atoms with E-state index in [4.69, 9.17) is 0 Å². The van der Waals surface area contributed by atoms with Crippen molar-refractivity contribution in [3.05, 3.63) is 24.3 Å². The molecule has 2 N–H and O–H groups in total. The SMILES string of the molecule is CS(=O)(=O)c1ccc(NC(=O)NC2CCCCC2)cc1. The number of amides is 2. The van der Waals surface area contributed by atoms with Crippen molar-refractivity contribution in [3.8, 4) is 0 Å². The Morgan fingerprint density at radius 2 is 1.70 bits per heavy atom. The molecule has 2 amide bonds. The lowest BCUT2D eigenvalue weighted by molar-refractivity contribution is 0.244. The maximum Gasteiger partial charge on any atom is 0.319 e. The van der Waals surface area contributed by atoms with Crippen molar-refractivity contribution >= 4 is 21.6 Å². The summed E-state index contributed by atoms with van der Waals surface area (Å²) in [5, 5.41) is 5.67. The lowest BCUT2D eigenvalue weighted by Gasteiger charge is -2.22. The van der Waals surface area contributed by atoms with Gasteiger partial charge < -0.3 is 10.6 Å². The third-order valence-corrected chi connectivity index (χ3v) is 4.61. The number of rotatable bonds is 3. The molecule has 1 fully saturated rings. The molecular formula is C14H20N2O3S. The van der Waals surface area contributed by atoms with E-state index in [1.807, 2.05) is 0 Å². The van der Waals surface area contributed by atoms with Crippen LogP contribution in [0, 0.1) is 0 Å². The minimum absolute atomic E-state index is 0.232. The second-order valence-electron chi connectivity index (χ2n) is 5.23. The van der Waals surface area contributed by atoms with Gasteiger partial charge in [0.1, 0.15) is 0 Å². The Balaban J connectivity index is 1.91. The van der Waals surface area contributed by atoms with Gasteiger partial charge in [0.25, 0.3) is 0 Å². The summed E-state index contributed by atoms with van der Waals surface area (Å²) in [5.41, 5.74) is 0.589. The van der Waals surface area contributed by atoms with E-state index in [0.29, 0.717) is 5.69 Å². The normalized spacial score (nSPS) is 16.6. The van der Waals surface area contributed by atoms with Crippen molar-refractivity contribution in [2.24, 2.45) is 0 Å². The first-order valence-corrected chi connectivity index (χ1v) is 8.72. The fourth-order valence-corrected chi connectivity index (χ4v) is 3.02. The molecule has 20 heavy (non-hydrogen) atoms. The van der Waals surface area contributed by atoms with E-state index in [2.05, 4.69) is 10.6 Å². The standard InChI is InChI=1S/C14H20N2O3S/c1-20(18,19)13-9-7-12(8-10-13)16-14(17)15-11-5-3-2-4-6-11/h7-11H,2-6H2,1H3,(H2,15,16,17). The van der Waals surface area contributed by atoms with Crippen LogP contribution in [0.4, 0.5) is 10.5 Å². The van der Waals surface area contributed by atoms with Crippen molar-refractivity contribution in [3.63, 3.8) is 0 Å². The number of benzene rings is 1. The predicted octanol–water partition coefficient (Wildman–Crippen LogP) is 2.54. The summed E-state index contributed by atoms with van der Waals surface area (Å²) >= 11 is 0. The first-order chi connectivity index (χ1) is 9.45. The third-order valence-electron chi connectivity index (χ3n) is 3.48. The van der Waals surface area contributed by atoms with Crippen molar-refractivity contribution < 1.29 is 13.2 Å². The minimum Gasteiger partial charge on any atom is -0.335 e.